The van der Waals surface area contributed by atoms with E-state index >= 15 is 0 Å². The maximum absolute atomic E-state index is 11.8. The minimum atomic E-state index is -1.46. The fourth-order valence-corrected chi connectivity index (χ4v) is 2.37. The highest BCUT2D eigenvalue weighted by atomic mass is 35.5. The van der Waals surface area contributed by atoms with Crippen molar-refractivity contribution in [3.8, 4) is 0 Å². The lowest BCUT2D eigenvalue weighted by molar-refractivity contribution is -0.145. The summed E-state index contributed by atoms with van der Waals surface area (Å²) in [5.41, 5.74) is 0. The Labute approximate surface area is 113 Å². The molecule has 0 amide bonds. The van der Waals surface area contributed by atoms with Gasteiger partial charge in [0.25, 0.3) is 0 Å². The lowest BCUT2D eigenvalue weighted by atomic mass is 10.3. The third-order valence-corrected chi connectivity index (χ3v) is 3.65. The molecule has 0 radical (unpaired) electrons. The minimum Gasteiger partial charge on any atom is -0.466 e. The van der Waals surface area contributed by atoms with E-state index in [1.807, 2.05) is 0 Å². The molecule has 98 valence electrons. The van der Waals surface area contributed by atoms with Crippen LogP contribution in [0.25, 0.3) is 0 Å². The number of rotatable bonds is 6. The molecule has 0 fully saturated rings. The fraction of sp³-hybridized carbons (Fsp3) is 0.333. The molecule has 0 aliphatic heterocycles. The minimum absolute atomic E-state index is 0.194. The maximum atomic E-state index is 11.8. The largest absolute Gasteiger partial charge is 0.466 e. The van der Waals surface area contributed by atoms with E-state index in [1.54, 1.807) is 31.2 Å². The van der Waals surface area contributed by atoms with Crippen LogP contribution in [0.4, 0.5) is 0 Å². The molecular formula is C12H13ClO4S. The van der Waals surface area contributed by atoms with Gasteiger partial charge in [0.15, 0.2) is 5.78 Å². The average Bonchev–Trinajstić information content (AvgIpc) is 2.29. The van der Waals surface area contributed by atoms with E-state index in [-0.39, 0.29) is 18.8 Å². The Morgan fingerprint density at radius 2 is 1.89 bits per heavy atom. The van der Waals surface area contributed by atoms with Gasteiger partial charge in [-0.05, 0) is 31.2 Å². The number of Topliss-reactive ketones (excluding diaryl/α,β-unsaturated/α-hetero) is 1. The first kappa shape index (κ1) is 14.9. The maximum Gasteiger partial charge on any atom is 0.313 e. The highest BCUT2D eigenvalue weighted by Gasteiger charge is 2.14. The van der Waals surface area contributed by atoms with Gasteiger partial charge in [0.2, 0.25) is 0 Å². The van der Waals surface area contributed by atoms with Gasteiger partial charge in [-0.1, -0.05) is 11.6 Å². The summed E-state index contributed by atoms with van der Waals surface area (Å²) in [6, 6.07) is 6.39. The zero-order valence-electron chi connectivity index (χ0n) is 9.85. The topological polar surface area (TPSA) is 60.4 Å². The molecule has 0 bridgehead atoms. The first-order valence-electron chi connectivity index (χ1n) is 5.34. The van der Waals surface area contributed by atoms with E-state index in [0.29, 0.717) is 9.92 Å². The van der Waals surface area contributed by atoms with E-state index in [0.717, 1.165) is 0 Å². The Morgan fingerprint density at radius 3 is 2.44 bits per heavy atom. The molecule has 0 unspecified atom stereocenters. The van der Waals surface area contributed by atoms with Gasteiger partial charge in [0.05, 0.1) is 23.2 Å². The predicted molar refractivity (Wildman–Crippen MR) is 69.0 cm³/mol. The van der Waals surface area contributed by atoms with E-state index < -0.39 is 22.6 Å². The van der Waals surface area contributed by atoms with Gasteiger partial charge in [-0.25, -0.2) is 0 Å². The third kappa shape index (κ3) is 4.98. The number of carbonyl (C=O) groups excluding carboxylic acids is 2. The van der Waals surface area contributed by atoms with Crippen LogP contribution in [-0.4, -0.2) is 28.3 Å². The summed E-state index contributed by atoms with van der Waals surface area (Å²) in [7, 11) is -1.46. The molecule has 1 rings (SSSR count). The molecule has 0 N–H and O–H groups in total. The lowest BCUT2D eigenvalue weighted by Gasteiger charge is -2.02. The van der Waals surface area contributed by atoms with E-state index in [2.05, 4.69) is 4.74 Å². The first-order valence-corrected chi connectivity index (χ1v) is 7.04. The number of esters is 1. The fourth-order valence-electron chi connectivity index (χ4n) is 1.24. The van der Waals surface area contributed by atoms with Gasteiger partial charge >= 0.3 is 5.97 Å². The van der Waals surface area contributed by atoms with Crippen molar-refractivity contribution in [3.63, 3.8) is 0 Å². The van der Waals surface area contributed by atoms with Crippen LogP contribution in [0.1, 0.15) is 13.3 Å². The highest BCUT2D eigenvalue weighted by Crippen LogP contribution is 2.13. The van der Waals surface area contributed by atoms with Crippen molar-refractivity contribution < 1.29 is 18.5 Å². The van der Waals surface area contributed by atoms with Crippen LogP contribution in [0.3, 0.4) is 0 Å². The van der Waals surface area contributed by atoms with Crippen molar-refractivity contribution in [2.24, 2.45) is 0 Å². The molecule has 1 aromatic carbocycles. The van der Waals surface area contributed by atoms with E-state index in [4.69, 9.17) is 11.6 Å². The molecule has 6 heteroatoms. The summed E-state index contributed by atoms with van der Waals surface area (Å²) in [6.07, 6.45) is -0.340. The van der Waals surface area contributed by atoms with Crippen molar-refractivity contribution in [1.29, 1.82) is 0 Å². The van der Waals surface area contributed by atoms with Gasteiger partial charge in [-0.2, -0.15) is 0 Å². The van der Waals surface area contributed by atoms with Gasteiger partial charge < -0.3 is 4.74 Å². The monoisotopic (exact) mass is 288 g/mol. The lowest BCUT2D eigenvalue weighted by Crippen LogP contribution is -2.16. The second-order valence-electron chi connectivity index (χ2n) is 3.46. The van der Waals surface area contributed by atoms with Gasteiger partial charge in [0.1, 0.15) is 6.42 Å². The van der Waals surface area contributed by atoms with Crippen molar-refractivity contribution in [1.82, 2.24) is 0 Å². The number of ether oxygens (including phenoxy) is 1. The summed E-state index contributed by atoms with van der Waals surface area (Å²) < 4.78 is 16.4. The van der Waals surface area contributed by atoms with Crippen LogP contribution in [0.2, 0.25) is 5.02 Å². The molecule has 1 atom stereocenters. The molecule has 0 aromatic heterocycles. The Balaban J connectivity index is 2.52. The molecule has 0 heterocycles. The molecule has 0 saturated heterocycles. The van der Waals surface area contributed by atoms with Crippen molar-refractivity contribution in [2.45, 2.75) is 18.2 Å². The molecule has 0 aliphatic rings. The molecule has 1 aromatic rings. The number of hydrogen-bond donors (Lipinski definition) is 0. The molecule has 0 saturated carbocycles. The Hall–Kier alpha value is -1.20. The van der Waals surface area contributed by atoms with E-state index in [1.165, 1.54) is 0 Å². The second-order valence-corrected chi connectivity index (χ2v) is 5.35. The summed E-state index contributed by atoms with van der Waals surface area (Å²) in [5.74, 6) is -1.18. The first-order chi connectivity index (χ1) is 8.52. The van der Waals surface area contributed by atoms with Crippen LogP contribution < -0.4 is 0 Å². The zero-order valence-corrected chi connectivity index (χ0v) is 11.4. The average molecular weight is 289 g/mol. The zero-order chi connectivity index (χ0) is 13.5. The summed E-state index contributed by atoms with van der Waals surface area (Å²) in [4.78, 5) is 23.0. The Bertz CT molecular complexity index is 456. The summed E-state index contributed by atoms with van der Waals surface area (Å²) >= 11 is 5.70. The molecule has 18 heavy (non-hydrogen) atoms. The normalized spacial score (nSPS) is 11.9. The number of benzene rings is 1. The predicted octanol–water partition coefficient (Wildman–Crippen LogP) is 1.97. The smallest absolute Gasteiger partial charge is 0.313 e. The van der Waals surface area contributed by atoms with Gasteiger partial charge in [0, 0.05) is 9.92 Å². The van der Waals surface area contributed by atoms with Crippen LogP contribution in [0, 0.1) is 0 Å². The van der Waals surface area contributed by atoms with Crippen LogP contribution in [0.5, 0.6) is 0 Å². The molecule has 0 spiro atoms. The third-order valence-electron chi connectivity index (χ3n) is 2.02. The van der Waals surface area contributed by atoms with Crippen molar-refractivity contribution >= 4 is 34.2 Å². The van der Waals surface area contributed by atoms with Gasteiger partial charge in [-0.15, -0.1) is 0 Å². The summed E-state index contributed by atoms with van der Waals surface area (Å²) in [6.45, 7) is 1.89. The van der Waals surface area contributed by atoms with Gasteiger partial charge in [-0.3, -0.25) is 13.8 Å². The second kappa shape index (κ2) is 7.28. The summed E-state index contributed by atoms with van der Waals surface area (Å²) in [5, 5.41) is 0.536. The standard InChI is InChI=1S/C12H13ClO4S/c1-2-17-12(15)7-10(14)8-18(16)11-5-3-9(13)4-6-11/h3-6H,2,7-8H2,1H3/t18-/m0/s1. The van der Waals surface area contributed by atoms with Crippen LogP contribution in [-0.2, 0) is 25.1 Å². The number of halogens is 1. The molecule has 0 aliphatic carbocycles. The Morgan fingerprint density at radius 1 is 1.28 bits per heavy atom. The van der Waals surface area contributed by atoms with Crippen molar-refractivity contribution in [2.75, 3.05) is 12.4 Å². The van der Waals surface area contributed by atoms with E-state index in [9.17, 15) is 13.8 Å². The highest BCUT2D eigenvalue weighted by molar-refractivity contribution is 7.85. The quantitative estimate of drug-likeness (QED) is 0.593. The van der Waals surface area contributed by atoms with Crippen LogP contribution in [0.15, 0.2) is 29.2 Å². The molecular weight excluding hydrogens is 276 g/mol. The Kier molecular flexibility index (Phi) is 6.01. The number of hydrogen-bond acceptors (Lipinski definition) is 4. The van der Waals surface area contributed by atoms with Crippen molar-refractivity contribution in [3.05, 3.63) is 29.3 Å². The number of ketones is 1. The van der Waals surface area contributed by atoms with Crippen LogP contribution >= 0.6 is 11.6 Å². The SMILES string of the molecule is CCOC(=O)CC(=O)C[S@](=O)c1ccc(Cl)cc1. The molecule has 4 nitrogen and oxygen atoms in total. The number of carbonyl (C=O) groups is 2.